The van der Waals surface area contributed by atoms with Gasteiger partial charge in [-0.3, -0.25) is 0 Å². The van der Waals surface area contributed by atoms with E-state index in [2.05, 4.69) is 195 Å². The van der Waals surface area contributed by atoms with Gasteiger partial charge in [-0.1, -0.05) is 137 Å². The van der Waals surface area contributed by atoms with Crippen molar-refractivity contribution in [2.75, 3.05) is 0 Å². The largest absolute Gasteiger partial charge is 0.310 e. The first-order chi connectivity index (χ1) is 27.3. The lowest BCUT2D eigenvalue weighted by Gasteiger charge is -2.23. The molecule has 4 aliphatic carbocycles. The molecule has 12 rings (SSSR count). The fourth-order valence-electron chi connectivity index (χ4n) is 11.2. The lowest BCUT2D eigenvalue weighted by Crippen LogP contribution is -2.36. The van der Waals surface area contributed by atoms with E-state index in [1.165, 1.54) is 98.8 Å². The van der Waals surface area contributed by atoms with Crippen molar-refractivity contribution < 1.29 is 0 Å². The highest BCUT2D eigenvalue weighted by Crippen LogP contribution is 2.51. The van der Waals surface area contributed by atoms with Gasteiger partial charge in [0.25, 0.3) is 0 Å². The predicted octanol–water partition coefficient (Wildman–Crippen LogP) is 10.0. The number of rotatable bonds is 3. The van der Waals surface area contributed by atoms with Crippen LogP contribution in [0.3, 0.4) is 0 Å². The van der Waals surface area contributed by atoms with E-state index < -0.39 is 0 Å². The minimum Gasteiger partial charge on any atom is -0.310 e. The molecule has 270 valence electrons. The van der Waals surface area contributed by atoms with Crippen molar-refractivity contribution in [1.29, 1.82) is 0 Å². The Morgan fingerprint density at radius 2 is 0.821 bits per heavy atom. The molecule has 2 heteroatoms. The van der Waals surface area contributed by atoms with E-state index in [4.69, 9.17) is 0 Å². The Balaban J connectivity index is 1.07. The van der Waals surface area contributed by atoms with Crippen LogP contribution in [-0.2, 0) is 10.8 Å². The molecule has 2 heterocycles. The molecule has 2 unspecified atom stereocenters. The maximum absolute atomic E-state index is 2.64. The Morgan fingerprint density at radius 1 is 0.429 bits per heavy atom. The van der Waals surface area contributed by atoms with Crippen LogP contribution in [0.4, 0.5) is 0 Å². The van der Waals surface area contributed by atoms with Crippen molar-refractivity contribution in [3.8, 4) is 33.6 Å². The van der Waals surface area contributed by atoms with Crippen LogP contribution in [0.1, 0.15) is 62.8 Å². The van der Waals surface area contributed by atoms with Gasteiger partial charge in [-0.2, -0.15) is 0 Å². The van der Waals surface area contributed by atoms with E-state index in [1.807, 2.05) is 0 Å². The monoisotopic (exact) mass is 720 g/mol. The van der Waals surface area contributed by atoms with Crippen LogP contribution in [0.5, 0.6) is 0 Å². The van der Waals surface area contributed by atoms with E-state index in [-0.39, 0.29) is 10.8 Å². The van der Waals surface area contributed by atoms with Crippen LogP contribution in [0.25, 0.3) is 79.7 Å². The standard InChI is InChI=1S/C54H44N2/c1-53(2)45-21-13-11-19-37(45)39-29-43-41-27-33(23-25-49(41)55(51(43)31-47(39)53)35-15-7-5-8-16-35)34-24-26-50-42(28-34)44-30-40-38-20-12-14-22-46(38)54(3,4)48(40)32-52(44)56(50)36-17-9-6-10-18-36/h5-22,25-34H,23-24H2,1-4H3. The van der Waals surface area contributed by atoms with Crippen molar-refractivity contribution in [3.05, 3.63) is 177 Å². The van der Waals surface area contributed by atoms with Gasteiger partial charge in [-0.15, -0.1) is 0 Å². The summed E-state index contributed by atoms with van der Waals surface area (Å²) in [6, 6.07) is 50.1. The third-order valence-electron chi connectivity index (χ3n) is 14.0. The SMILES string of the molecule is CC1(C)c2ccccc2-c2cc3c4c(n(-c5ccccc5)c3cc21)=CCC(C1C=c2c(n(-c3ccccc3)c3cc5c(cc23)-c2ccccc2C5(C)C)=CC1)C=4. The molecule has 56 heavy (non-hydrogen) atoms. The summed E-state index contributed by atoms with van der Waals surface area (Å²) in [5.41, 5.74) is 16.2. The van der Waals surface area contributed by atoms with Crippen LogP contribution in [-0.4, -0.2) is 9.13 Å². The smallest absolute Gasteiger partial charge is 0.0544 e. The highest BCUT2D eigenvalue weighted by Gasteiger charge is 2.38. The molecule has 6 aromatic carbocycles. The Hall–Kier alpha value is -6.12. The molecule has 0 saturated carbocycles. The highest BCUT2D eigenvalue weighted by molar-refractivity contribution is 5.96. The first-order valence-corrected chi connectivity index (χ1v) is 20.4. The van der Waals surface area contributed by atoms with Crippen LogP contribution in [0.15, 0.2) is 133 Å². The molecular weight excluding hydrogens is 677 g/mol. The molecule has 8 aromatic rings. The van der Waals surface area contributed by atoms with E-state index >= 15 is 0 Å². The lowest BCUT2D eigenvalue weighted by molar-refractivity contribution is 0.543. The number of nitrogens with zero attached hydrogens (tertiary/aromatic N) is 2. The van der Waals surface area contributed by atoms with Gasteiger partial charge in [-0.25, -0.2) is 0 Å². The molecule has 0 saturated heterocycles. The third kappa shape index (κ3) is 4.22. The van der Waals surface area contributed by atoms with Gasteiger partial charge in [0.1, 0.15) is 0 Å². The average Bonchev–Trinajstić information content (AvgIpc) is 3.88. The molecular formula is C54H44N2. The molecule has 0 spiro atoms. The number of hydrogen-bond acceptors (Lipinski definition) is 0. The van der Waals surface area contributed by atoms with Gasteiger partial charge in [0.05, 0.1) is 11.0 Å². The summed E-state index contributed by atoms with van der Waals surface area (Å²) >= 11 is 0. The van der Waals surface area contributed by atoms with Crippen molar-refractivity contribution >= 4 is 46.1 Å². The van der Waals surface area contributed by atoms with Gasteiger partial charge in [0.2, 0.25) is 0 Å². The van der Waals surface area contributed by atoms with Gasteiger partial charge >= 0.3 is 0 Å². The fraction of sp³-hybridized carbons (Fsp3) is 0.185. The number of aromatic nitrogens is 2. The first-order valence-electron chi connectivity index (χ1n) is 20.4. The van der Waals surface area contributed by atoms with Crippen LogP contribution >= 0.6 is 0 Å². The Labute approximate surface area is 327 Å². The second kappa shape index (κ2) is 11.2. The molecule has 4 aliphatic rings. The summed E-state index contributed by atoms with van der Waals surface area (Å²) in [6.07, 6.45) is 12.4. The minimum absolute atomic E-state index is 0.0517. The number of fused-ring (bicyclic) bond motifs is 12. The van der Waals surface area contributed by atoms with Crippen molar-refractivity contribution in [1.82, 2.24) is 9.13 Å². The van der Waals surface area contributed by atoms with E-state index in [0.29, 0.717) is 11.8 Å². The van der Waals surface area contributed by atoms with Gasteiger partial charge in [0.15, 0.2) is 0 Å². The second-order valence-corrected chi connectivity index (χ2v) is 17.7. The molecule has 2 atom stereocenters. The van der Waals surface area contributed by atoms with E-state index in [9.17, 15) is 0 Å². The van der Waals surface area contributed by atoms with Gasteiger partial charge < -0.3 is 9.13 Å². The summed E-state index contributed by atoms with van der Waals surface area (Å²) in [7, 11) is 0. The summed E-state index contributed by atoms with van der Waals surface area (Å²) in [6.45, 7) is 9.55. The van der Waals surface area contributed by atoms with E-state index in [1.54, 1.807) is 0 Å². The highest BCUT2D eigenvalue weighted by atomic mass is 15.0. The normalized spacial score (nSPS) is 19.1. The van der Waals surface area contributed by atoms with Crippen LogP contribution in [0.2, 0.25) is 0 Å². The quantitative estimate of drug-likeness (QED) is 0.172. The topological polar surface area (TPSA) is 9.86 Å². The zero-order valence-electron chi connectivity index (χ0n) is 32.5. The van der Waals surface area contributed by atoms with Crippen LogP contribution < -0.4 is 21.1 Å². The lowest BCUT2D eigenvalue weighted by atomic mass is 9.81. The Bertz CT molecular complexity index is 3020. The second-order valence-electron chi connectivity index (χ2n) is 17.7. The Morgan fingerprint density at radius 3 is 1.25 bits per heavy atom. The van der Waals surface area contributed by atoms with Crippen molar-refractivity contribution in [3.63, 3.8) is 0 Å². The molecule has 0 radical (unpaired) electrons. The summed E-state index contributed by atoms with van der Waals surface area (Å²) in [5, 5.41) is 8.13. The predicted molar refractivity (Wildman–Crippen MR) is 234 cm³/mol. The zero-order valence-corrected chi connectivity index (χ0v) is 32.5. The molecule has 0 fully saturated rings. The molecule has 2 nitrogen and oxygen atoms in total. The van der Waals surface area contributed by atoms with Gasteiger partial charge in [0, 0.05) is 54.1 Å². The maximum atomic E-state index is 2.64. The summed E-state index contributed by atoms with van der Waals surface area (Å²) in [4.78, 5) is 0. The Kier molecular flexibility index (Phi) is 6.45. The maximum Gasteiger partial charge on any atom is 0.0544 e. The zero-order chi connectivity index (χ0) is 37.5. The third-order valence-corrected chi connectivity index (χ3v) is 14.0. The molecule has 0 aliphatic heterocycles. The van der Waals surface area contributed by atoms with Gasteiger partial charge in [-0.05, 0) is 118 Å². The van der Waals surface area contributed by atoms with E-state index in [0.717, 1.165) is 12.8 Å². The molecule has 0 N–H and O–H groups in total. The number of hydrogen-bond donors (Lipinski definition) is 0. The first kappa shape index (κ1) is 32.2. The number of para-hydroxylation sites is 2. The molecule has 0 bridgehead atoms. The fourth-order valence-corrected chi connectivity index (χ4v) is 11.2. The molecule has 2 aromatic heterocycles. The summed E-state index contributed by atoms with van der Waals surface area (Å²) in [5.74, 6) is 0.783. The number of benzene rings is 6. The van der Waals surface area contributed by atoms with Crippen molar-refractivity contribution in [2.45, 2.75) is 51.4 Å². The summed E-state index contributed by atoms with van der Waals surface area (Å²) < 4.78 is 5.05. The minimum atomic E-state index is -0.0517. The average molecular weight is 721 g/mol. The van der Waals surface area contributed by atoms with Crippen LogP contribution in [0, 0.1) is 11.8 Å². The molecule has 0 amide bonds. The van der Waals surface area contributed by atoms with Crippen molar-refractivity contribution in [2.24, 2.45) is 11.8 Å².